The van der Waals surface area contributed by atoms with E-state index < -0.39 is 23.6 Å². The van der Waals surface area contributed by atoms with Crippen molar-refractivity contribution in [3.63, 3.8) is 0 Å². The van der Waals surface area contributed by atoms with Gasteiger partial charge in [-0.1, -0.05) is 24.3 Å². The number of nitrogens with zero attached hydrogens (tertiary/aromatic N) is 1. The van der Waals surface area contributed by atoms with Crippen molar-refractivity contribution in [3.8, 4) is 16.9 Å². The van der Waals surface area contributed by atoms with Crippen LogP contribution < -0.4 is 15.0 Å². The van der Waals surface area contributed by atoms with Gasteiger partial charge in [-0.05, 0) is 57.4 Å². The number of para-hydroxylation sites is 1. The largest absolute Gasteiger partial charge is 0.496 e. The molecule has 0 saturated carbocycles. The Labute approximate surface area is 176 Å². The number of hydrogen-bond donors (Lipinski definition) is 1. The number of piperidine rings is 1. The Morgan fingerprint density at radius 2 is 1.93 bits per heavy atom. The summed E-state index contributed by atoms with van der Waals surface area (Å²) in [7, 11) is 1.56. The molecule has 1 aliphatic heterocycles. The first-order valence-electron chi connectivity index (χ1n) is 9.93. The van der Waals surface area contributed by atoms with E-state index in [9.17, 15) is 14.0 Å². The molecule has 6 nitrogen and oxygen atoms in total. The van der Waals surface area contributed by atoms with E-state index in [1.54, 1.807) is 40.0 Å². The van der Waals surface area contributed by atoms with E-state index in [-0.39, 0.29) is 11.6 Å². The van der Waals surface area contributed by atoms with Gasteiger partial charge in [0.1, 0.15) is 23.2 Å². The van der Waals surface area contributed by atoms with E-state index in [1.807, 2.05) is 24.3 Å². The van der Waals surface area contributed by atoms with Crippen LogP contribution in [0.3, 0.4) is 0 Å². The number of carbonyl (C=O) groups is 2. The second-order valence-corrected chi connectivity index (χ2v) is 8.20. The van der Waals surface area contributed by atoms with Gasteiger partial charge in [0.15, 0.2) is 0 Å². The Hall–Kier alpha value is -3.09. The summed E-state index contributed by atoms with van der Waals surface area (Å²) in [5.41, 5.74) is 0.942. The van der Waals surface area contributed by atoms with Crippen LogP contribution in [0.2, 0.25) is 0 Å². The van der Waals surface area contributed by atoms with Gasteiger partial charge in [-0.2, -0.15) is 0 Å². The number of amides is 2. The first-order chi connectivity index (χ1) is 14.2. The molecule has 2 amide bonds. The van der Waals surface area contributed by atoms with Crippen LogP contribution in [0.5, 0.6) is 5.75 Å². The van der Waals surface area contributed by atoms with Gasteiger partial charge in [0.2, 0.25) is 5.91 Å². The van der Waals surface area contributed by atoms with Crippen LogP contribution in [0.25, 0.3) is 11.1 Å². The molecule has 3 rings (SSSR count). The summed E-state index contributed by atoms with van der Waals surface area (Å²) >= 11 is 0. The van der Waals surface area contributed by atoms with Gasteiger partial charge < -0.3 is 19.7 Å². The molecule has 30 heavy (non-hydrogen) atoms. The smallest absolute Gasteiger partial charge is 0.408 e. The Kier molecular flexibility index (Phi) is 6.29. The summed E-state index contributed by atoms with van der Waals surface area (Å²) in [6, 6.07) is 11.3. The number of alkyl carbamates (subject to hydrolysis) is 1. The quantitative estimate of drug-likeness (QED) is 0.799. The van der Waals surface area contributed by atoms with Gasteiger partial charge in [0.05, 0.1) is 12.8 Å². The highest BCUT2D eigenvalue weighted by atomic mass is 19.1. The number of hydrogen-bond acceptors (Lipinski definition) is 4. The molecule has 0 spiro atoms. The fourth-order valence-corrected chi connectivity index (χ4v) is 3.47. The van der Waals surface area contributed by atoms with E-state index in [2.05, 4.69) is 5.32 Å². The number of halogens is 1. The van der Waals surface area contributed by atoms with Gasteiger partial charge in [-0.15, -0.1) is 0 Å². The minimum absolute atomic E-state index is 0.189. The number of rotatable bonds is 4. The first-order valence-corrected chi connectivity index (χ1v) is 9.93. The van der Waals surface area contributed by atoms with Crippen molar-refractivity contribution < 1.29 is 23.5 Å². The normalized spacial score (nSPS) is 16.9. The molecule has 2 aromatic carbocycles. The maximum absolute atomic E-state index is 15.0. The lowest BCUT2D eigenvalue weighted by atomic mass is 10.0. The first kappa shape index (κ1) is 21.6. The van der Waals surface area contributed by atoms with Crippen LogP contribution in [0.1, 0.15) is 33.6 Å². The Morgan fingerprint density at radius 3 is 2.60 bits per heavy atom. The molecule has 1 unspecified atom stereocenters. The van der Waals surface area contributed by atoms with E-state index in [0.717, 1.165) is 5.56 Å². The number of anilines is 1. The van der Waals surface area contributed by atoms with Crippen molar-refractivity contribution in [1.82, 2.24) is 5.32 Å². The molecule has 0 radical (unpaired) electrons. The fourth-order valence-electron chi connectivity index (χ4n) is 3.47. The zero-order valence-electron chi connectivity index (χ0n) is 17.7. The Bertz CT molecular complexity index is 939. The number of carbonyl (C=O) groups excluding carboxylic acids is 2. The number of methoxy groups -OCH3 is 1. The van der Waals surface area contributed by atoms with E-state index in [1.165, 1.54) is 11.0 Å². The SMILES string of the molecule is COc1ccccc1-c1ccc(N2CCCC(NC(=O)OC(C)(C)C)C2=O)c(F)c1. The molecule has 1 aliphatic rings. The third kappa shape index (κ3) is 4.90. The van der Waals surface area contributed by atoms with Crippen LogP contribution in [0.15, 0.2) is 42.5 Å². The van der Waals surface area contributed by atoms with Gasteiger partial charge in [0.25, 0.3) is 0 Å². The predicted octanol–water partition coefficient (Wildman–Crippen LogP) is 4.52. The maximum atomic E-state index is 15.0. The van der Waals surface area contributed by atoms with Crippen molar-refractivity contribution in [2.24, 2.45) is 0 Å². The highest BCUT2D eigenvalue weighted by Gasteiger charge is 2.33. The molecule has 0 aliphatic carbocycles. The van der Waals surface area contributed by atoms with Crippen LogP contribution in [-0.2, 0) is 9.53 Å². The summed E-state index contributed by atoms with van der Waals surface area (Å²) in [5, 5.41) is 2.61. The maximum Gasteiger partial charge on any atom is 0.408 e. The third-order valence-corrected chi connectivity index (χ3v) is 4.79. The monoisotopic (exact) mass is 414 g/mol. The van der Waals surface area contributed by atoms with E-state index >= 15 is 0 Å². The molecule has 1 atom stereocenters. The average molecular weight is 414 g/mol. The Morgan fingerprint density at radius 1 is 1.20 bits per heavy atom. The zero-order chi connectivity index (χ0) is 21.9. The van der Waals surface area contributed by atoms with Gasteiger partial charge in [-0.25, -0.2) is 9.18 Å². The molecule has 1 heterocycles. The molecule has 1 fully saturated rings. The van der Waals surface area contributed by atoms with Gasteiger partial charge >= 0.3 is 6.09 Å². The highest BCUT2D eigenvalue weighted by molar-refractivity contribution is 5.99. The molecule has 1 saturated heterocycles. The number of nitrogens with one attached hydrogen (secondary N) is 1. The van der Waals surface area contributed by atoms with E-state index in [0.29, 0.717) is 30.7 Å². The minimum Gasteiger partial charge on any atom is -0.496 e. The van der Waals surface area contributed by atoms with Gasteiger partial charge in [0, 0.05) is 12.1 Å². The van der Waals surface area contributed by atoms with Crippen LogP contribution in [-0.4, -0.2) is 37.3 Å². The van der Waals surface area contributed by atoms with Crippen molar-refractivity contribution in [3.05, 3.63) is 48.3 Å². The fraction of sp³-hybridized carbons (Fsp3) is 0.391. The minimum atomic E-state index is -0.748. The predicted molar refractivity (Wildman–Crippen MR) is 113 cm³/mol. The van der Waals surface area contributed by atoms with Crippen molar-refractivity contribution in [2.75, 3.05) is 18.6 Å². The van der Waals surface area contributed by atoms with Crippen LogP contribution >= 0.6 is 0 Å². The second-order valence-electron chi connectivity index (χ2n) is 8.20. The lowest BCUT2D eigenvalue weighted by Gasteiger charge is -2.33. The van der Waals surface area contributed by atoms with Crippen molar-refractivity contribution in [2.45, 2.75) is 45.3 Å². The van der Waals surface area contributed by atoms with E-state index in [4.69, 9.17) is 9.47 Å². The molecule has 0 aromatic heterocycles. The summed E-state index contributed by atoms with van der Waals surface area (Å²) in [6.07, 6.45) is 0.463. The molecule has 2 aromatic rings. The molecule has 7 heteroatoms. The molecule has 1 N–H and O–H groups in total. The average Bonchev–Trinajstić information content (AvgIpc) is 2.68. The lowest BCUT2D eigenvalue weighted by molar-refractivity contribution is -0.121. The second kappa shape index (κ2) is 8.73. The summed E-state index contributed by atoms with van der Waals surface area (Å²) in [6.45, 7) is 5.64. The highest BCUT2D eigenvalue weighted by Crippen LogP contribution is 2.33. The summed E-state index contributed by atoms with van der Waals surface area (Å²) in [5.74, 6) is -0.221. The molecule has 160 valence electrons. The molecular formula is C23H27FN2O4. The topological polar surface area (TPSA) is 67.9 Å². The third-order valence-electron chi connectivity index (χ3n) is 4.79. The summed E-state index contributed by atoms with van der Waals surface area (Å²) in [4.78, 5) is 26.3. The van der Waals surface area contributed by atoms with Crippen LogP contribution in [0, 0.1) is 5.82 Å². The lowest BCUT2D eigenvalue weighted by Crippen LogP contribution is -2.53. The number of ether oxygens (including phenoxy) is 2. The number of benzene rings is 2. The Balaban J connectivity index is 1.80. The van der Waals surface area contributed by atoms with Crippen LogP contribution in [0.4, 0.5) is 14.9 Å². The van der Waals surface area contributed by atoms with Crippen molar-refractivity contribution in [1.29, 1.82) is 0 Å². The van der Waals surface area contributed by atoms with Crippen molar-refractivity contribution >= 4 is 17.7 Å². The van der Waals surface area contributed by atoms with Gasteiger partial charge in [-0.3, -0.25) is 4.79 Å². The molecular weight excluding hydrogens is 387 g/mol. The standard InChI is InChI=1S/C23H27FN2O4/c1-23(2,3)30-22(28)25-18-9-7-13-26(21(18)27)19-12-11-15(14-17(19)24)16-8-5-6-10-20(16)29-4/h5-6,8,10-12,14,18H,7,9,13H2,1-4H3,(H,25,28). The summed E-state index contributed by atoms with van der Waals surface area (Å²) < 4.78 is 25.6. The zero-order valence-corrected chi connectivity index (χ0v) is 17.7. The molecule has 0 bridgehead atoms.